The maximum absolute atomic E-state index is 12.0. The Morgan fingerprint density at radius 2 is 1.76 bits per heavy atom. The molecule has 1 aromatic carbocycles. The Bertz CT molecular complexity index is 493. The summed E-state index contributed by atoms with van der Waals surface area (Å²) in [5, 5.41) is 11.0. The maximum atomic E-state index is 12.0. The van der Waals surface area contributed by atoms with Crippen molar-refractivity contribution >= 4 is 11.6 Å². The summed E-state index contributed by atoms with van der Waals surface area (Å²) in [4.78, 5) is 23.9. The third-order valence-electron chi connectivity index (χ3n) is 2.73. The summed E-state index contributed by atoms with van der Waals surface area (Å²) in [5.74, 6) is -0.205. The van der Waals surface area contributed by atoms with Gasteiger partial charge in [0.15, 0.2) is 0 Å². The molecule has 0 aliphatic carbocycles. The molecule has 0 bridgehead atoms. The fraction of sp³-hybridized carbons (Fsp3) is 0.417. The van der Waals surface area contributed by atoms with Gasteiger partial charge in [0.1, 0.15) is 0 Å². The Morgan fingerprint density at radius 3 is 2.18 bits per heavy atom. The second-order valence-electron chi connectivity index (χ2n) is 4.32. The molecule has 5 nitrogen and oxygen atoms in total. The Morgan fingerprint density at radius 1 is 1.24 bits per heavy atom. The molecule has 0 spiro atoms. The molecule has 0 atom stereocenters. The minimum atomic E-state index is -0.434. The molecule has 0 radical (unpaired) electrons. The Hall–Kier alpha value is -1.91. The third kappa shape index (κ3) is 2.27. The van der Waals surface area contributed by atoms with Gasteiger partial charge in [0.25, 0.3) is 11.6 Å². The van der Waals surface area contributed by atoms with Gasteiger partial charge >= 0.3 is 0 Å². The van der Waals surface area contributed by atoms with Crippen LogP contribution in [0.4, 0.5) is 5.69 Å². The molecule has 0 aliphatic heterocycles. The second-order valence-corrected chi connectivity index (χ2v) is 4.32. The fourth-order valence-corrected chi connectivity index (χ4v) is 2.01. The summed E-state index contributed by atoms with van der Waals surface area (Å²) in [5.41, 5.74) is 2.24. The highest BCUT2D eigenvalue weighted by Crippen LogP contribution is 2.29. The molecule has 0 aromatic heterocycles. The molecule has 0 unspecified atom stereocenters. The van der Waals surface area contributed by atoms with Crippen molar-refractivity contribution in [2.45, 2.75) is 20.8 Å². The Kier molecular flexibility index (Phi) is 3.50. The maximum Gasteiger partial charge on any atom is 0.275 e. The lowest BCUT2D eigenvalue weighted by molar-refractivity contribution is -0.386. The van der Waals surface area contributed by atoms with Gasteiger partial charge in [0.05, 0.1) is 10.5 Å². The van der Waals surface area contributed by atoms with Gasteiger partial charge in [-0.15, -0.1) is 0 Å². The summed E-state index contributed by atoms with van der Waals surface area (Å²) in [6.45, 7) is 5.09. The summed E-state index contributed by atoms with van der Waals surface area (Å²) in [7, 11) is 3.26. The average molecular weight is 236 g/mol. The molecule has 0 heterocycles. The van der Waals surface area contributed by atoms with Crippen LogP contribution in [0.2, 0.25) is 0 Å². The number of nitrogens with zero attached hydrogens (tertiary/aromatic N) is 2. The van der Waals surface area contributed by atoms with E-state index in [0.717, 1.165) is 5.56 Å². The van der Waals surface area contributed by atoms with Crippen LogP contribution in [0.15, 0.2) is 6.07 Å². The molecule has 17 heavy (non-hydrogen) atoms. The number of amides is 1. The number of nitro groups is 1. The molecule has 0 saturated heterocycles. The Balaban J connectivity index is 3.57. The zero-order valence-electron chi connectivity index (χ0n) is 10.7. The average Bonchev–Trinajstić information content (AvgIpc) is 2.15. The van der Waals surface area contributed by atoms with E-state index in [0.29, 0.717) is 16.7 Å². The van der Waals surface area contributed by atoms with E-state index in [1.54, 1.807) is 40.9 Å². The van der Waals surface area contributed by atoms with Crippen molar-refractivity contribution in [3.63, 3.8) is 0 Å². The van der Waals surface area contributed by atoms with E-state index in [1.165, 1.54) is 4.90 Å². The van der Waals surface area contributed by atoms with Crippen molar-refractivity contribution in [3.8, 4) is 0 Å². The van der Waals surface area contributed by atoms with Crippen LogP contribution in [0.25, 0.3) is 0 Å². The summed E-state index contributed by atoms with van der Waals surface area (Å²) in [6.07, 6.45) is 0. The number of hydrogen-bond acceptors (Lipinski definition) is 3. The fourth-order valence-electron chi connectivity index (χ4n) is 2.01. The topological polar surface area (TPSA) is 63.5 Å². The van der Waals surface area contributed by atoms with Crippen LogP contribution in [0.1, 0.15) is 27.0 Å². The first-order chi connectivity index (χ1) is 7.77. The summed E-state index contributed by atoms with van der Waals surface area (Å²) in [6, 6.07) is 1.68. The number of carbonyl (C=O) groups is 1. The van der Waals surface area contributed by atoms with Gasteiger partial charge in [-0.25, -0.2) is 0 Å². The van der Waals surface area contributed by atoms with Crippen molar-refractivity contribution in [1.29, 1.82) is 0 Å². The summed E-state index contributed by atoms with van der Waals surface area (Å²) < 4.78 is 0. The van der Waals surface area contributed by atoms with Gasteiger partial charge in [-0.2, -0.15) is 0 Å². The van der Waals surface area contributed by atoms with Crippen LogP contribution >= 0.6 is 0 Å². The van der Waals surface area contributed by atoms with Gasteiger partial charge in [0, 0.05) is 25.2 Å². The number of aryl methyl sites for hydroxylation is 2. The normalized spacial score (nSPS) is 10.2. The molecule has 1 aromatic rings. The van der Waals surface area contributed by atoms with Crippen LogP contribution in [0, 0.1) is 30.9 Å². The van der Waals surface area contributed by atoms with E-state index in [9.17, 15) is 14.9 Å². The van der Waals surface area contributed by atoms with Crippen LogP contribution in [0.5, 0.6) is 0 Å². The highest BCUT2D eigenvalue weighted by molar-refractivity contribution is 5.98. The molecular weight excluding hydrogens is 220 g/mol. The SMILES string of the molecule is Cc1cc(C)c([N+](=O)[O-])c(C)c1C(=O)N(C)C. The van der Waals surface area contributed by atoms with Crippen molar-refractivity contribution < 1.29 is 9.72 Å². The number of benzene rings is 1. The van der Waals surface area contributed by atoms with Crippen molar-refractivity contribution in [2.24, 2.45) is 0 Å². The van der Waals surface area contributed by atoms with Crippen molar-refractivity contribution in [2.75, 3.05) is 14.1 Å². The van der Waals surface area contributed by atoms with Crippen LogP contribution in [-0.2, 0) is 0 Å². The standard InChI is InChI=1S/C12H16N2O3/c1-7-6-8(2)11(14(16)17)9(3)10(7)12(15)13(4)5/h6H,1-5H3. The lowest BCUT2D eigenvalue weighted by Gasteiger charge is -2.15. The second kappa shape index (κ2) is 4.53. The molecular formula is C12H16N2O3. The number of hydrogen-bond donors (Lipinski definition) is 0. The number of rotatable bonds is 2. The van der Waals surface area contributed by atoms with Gasteiger partial charge in [0.2, 0.25) is 0 Å². The zero-order valence-corrected chi connectivity index (χ0v) is 10.7. The monoisotopic (exact) mass is 236 g/mol. The molecule has 92 valence electrons. The van der Waals surface area contributed by atoms with E-state index in [1.807, 2.05) is 0 Å². The van der Waals surface area contributed by atoms with E-state index >= 15 is 0 Å². The largest absolute Gasteiger partial charge is 0.345 e. The van der Waals surface area contributed by atoms with Crippen LogP contribution in [0.3, 0.4) is 0 Å². The smallest absolute Gasteiger partial charge is 0.275 e. The quantitative estimate of drug-likeness (QED) is 0.584. The predicted molar refractivity (Wildman–Crippen MR) is 65.3 cm³/mol. The predicted octanol–water partition coefficient (Wildman–Crippen LogP) is 2.22. The molecule has 0 N–H and O–H groups in total. The summed E-state index contributed by atoms with van der Waals surface area (Å²) >= 11 is 0. The molecule has 0 saturated carbocycles. The van der Waals surface area contributed by atoms with Gasteiger partial charge in [-0.3, -0.25) is 14.9 Å². The highest BCUT2D eigenvalue weighted by atomic mass is 16.6. The van der Waals surface area contributed by atoms with Gasteiger partial charge in [-0.1, -0.05) is 0 Å². The van der Waals surface area contributed by atoms with E-state index in [4.69, 9.17) is 0 Å². The molecule has 1 amide bonds. The first-order valence-corrected chi connectivity index (χ1v) is 5.24. The van der Waals surface area contributed by atoms with E-state index in [2.05, 4.69) is 0 Å². The van der Waals surface area contributed by atoms with Crippen molar-refractivity contribution in [1.82, 2.24) is 4.90 Å². The van der Waals surface area contributed by atoms with E-state index in [-0.39, 0.29) is 11.6 Å². The minimum Gasteiger partial charge on any atom is -0.345 e. The third-order valence-corrected chi connectivity index (χ3v) is 2.73. The lowest BCUT2D eigenvalue weighted by atomic mass is 9.96. The first kappa shape index (κ1) is 13.2. The Labute approximate surface area is 100 Å². The molecule has 1 rings (SSSR count). The zero-order chi connectivity index (χ0) is 13.3. The van der Waals surface area contributed by atoms with Crippen LogP contribution < -0.4 is 0 Å². The molecule has 0 aliphatic rings. The minimum absolute atomic E-state index is 0.0285. The number of carbonyl (C=O) groups excluding carboxylic acids is 1. The highest BCUT2D eigenvalue weighted by Gasteiger charge is 2.24. The van der Waals surface area contributed by atoms with Gasteiger partial charge < -0.3 is 4.90 Å². The van der Waals surface area contributed by atoms with Crippen molar-refractivity contribution in [3.05, 3.63) is 38.4 Å². The van der Waals surface area contributed by atoms with Crippen LogP contribution in [-0.4, -0.2) is 29.8 Å². The molecule has 5 heteroatoms. The lowest BCUT2D eigenvalue weighted by Crippen LogP contribution is -2.24. The first-order valence-electron chi connectivity index (χ1n) is 5.24. The number of nitro benzene ring substituents is 1. The van der Waals surface area contributed by atoms with E-state index < -0.39 is 4.92 Å². The molecule has 0 fully saturated rings. The van der Waals surface area contributed by atoms with Gasteiger partial charge in [-0.05, 0) is 32.4 Å².